The molecule has 17 heavy (non-hydrogen) atoms. The van der Waals surface area contributed by atoms with Crippen LogP contribution in [0.3, 0.4) is 0 Å². The Kier molecular flexibility index (Phi) is 3.89. The van der Waals surface area contributed by atoms with Crippen molar-refractivity contribution in [3.05, 3.63) is 23.8 Å². The Morgan fingerprint density at radius 3 is 2.47 bits per heavy atom. The molecule has 0 saturated heterocycles. The van der Waals surface area contributed by atoms with Crippen LogP contribution in [0, 0.1) is 5.92 Å². The van der Waals surface area contributed by atoms with Gasteiger partial charge in [-0.05, 0) is 37.0 Å². The van der Waals surface area contributed by atoms with Crippen LogP contribution in [0.15, 0.2) is 18.2 Å². The summed E-state index contributed by atoms with van der Waals surface area (Å²) in [6.07, 6.45) is 5.04. The minimum absolute atomic E-state index is 0.0579. The van der Waals surface area contributed by atoms with E-state index in [-0.39, 0.29) is 6.04 Å². The normalized spacial score (nSPS) is 18.1. The van der Waals surface area contributed by atoms with Crippen molar-refractivity contribution in [2.75, 3.05) is 14.2 Å². The highest BCUT2D eigenvalue weighted by molar-refractivity contribution is 5.42. The van der Waals surface area contributed by atoms with Gasteiger partial charge >= 0.3 is 0 Å². The van der Waals surface area contributed by atoms with E-state index in [1.807, 2.05) is 18.2 Å². The second-order valence-corrected chi connectivity index (χ2v) is 4.68. The molecule has 1 saturated carbocycles. The molecular formula is C14H21NO2. The van der Waals surface area contributed by atoms with Gasteiger partial charge in [-0.2, -0.15) is 0 Å². The summed E-state index contributed by atoms with van der Waals surface area (Å²) >= 11 is 0. The number of nitrogens with two attached hydrogens (primary N) is 1. The fourth-order valence-corrected chi connectivity index (χ4v) is 2.67. The average molecular weight is 235 g/mol. The lowest BCUT2D eigenvalue weighted by Gasteiger charge is -2.22. The fourth-order valence-electron chi connectivity index (χ4n) is 2.67. The Morgan fingerprint density at radius 2 is 1.88 bits per heavy atom. The molecule has 1 atom stereocenters. The molecule has 0 amide bonds. The summed E-state index contributed by atoms with van der Waals surface area (Å²) in [6, 6.07) is 5.90. The monoisotopic (exact) mass is 235 g/mol. The predicted octanol–water partition coefficient (Wildman–Crippen LogP) is 2.89. The van der Waals surface area contributed by atoms with Crippen molar-refractivity contribution in [2.24, 2.45) is 11.7 Å². The zero-order valence-corrected chi connectivity index (χ0v) is 10.6. The van der Waals surface area contributed by atoms with Crippen LogP contribution in [0.4, 0.5) is 0 Å². The first-order valence-corrected chi connectivity index (χ1v) is 6.23. The van der Waals surface area contributed by atoms with Gasteiger partial charge in [0.15, 0.2) is 0 Å². The number of rotatable bonds is 4. The minimum Gasteiger partial charge on any atom is -0.497 e. The highest BCUT2D eigenvalue weighted by Gasteiger charge is 2.25. The zero-order chi connectivity index (χ0) is 12.3. The van der Waals surface area contributed by atoms with Crippen LogP contribution >= 0.6 is 0 Å². The molecule has 1 unspecified atom stereocenters. The van der Waals surface area contributed by atoms with Crippen LogP contribution < -0.4 is 15.2 Å². The quantitative estimate of drug-likeness (QED) is 0.872. The van der Waals surface area contributed by atoms with Gasteiger partial charge in [0.25, 0.3) is 0 Å². The Balaban J connectivity index is 2.27. The molecule has 3 heteroatoms. The molecule has 1 aliphatic rings. The molecule has 1 aromatic carbocycles. The summed E-state index contributed by atoms with van der Waals surface area (Å²) in [5, 5.41) is 0. The largest absolute Gasteiger partial charge is 0.497 e. The molecule has 2 N–H and O–H groups in total. The van der Waals surface area contributed by atoms with Gasteiger partial charge in [0.05, 0.1) is 14.2 Å². The Bertz CT molecular complexity index is 372. The maximum Gasteiger partial charge on any atom is 0.123 e. The molecule has 0 heterocycles. The van der Waals surface area contributed by atoms with E-state index in [1.165, 1.54) is 25.7 Å². The Morgan fingerprint density at radius 1 is 1.18 bits per heavy atom. The lowest BCUT2D eigenvalue weighted by Crippen LogP contribution is -2.19. The smallest absolute Gasteiger partial charge is 0.123 e. The van der Waals surface area contributed by atoms with Crippen LogP contribution in [0.2, 0.25) is 0 Å². The van der Waals surface area contributed by atoms with Crippen molar-refractivity contribution >= 4 is 0 Å². The van der Waals surface area contributed by atoms with Gasteiger partial charge in [0.1, 0.15) is 11.5 Å². The molecule has 1 aliphatic carbocycles. The summed E-state index contributed by atoms with van der Waals surface area (Å²) in [4.78, 5) is 0. The van der Waals surface area contributed by atoms with E-state index in [2.05, 4.69) is 0 Å². The van der Waals surface area contributed by atoms with Crippen molar-refractivity contribution in [3.8, 4) is 11.5 Å². The van der Waals surface area contributed by atoms with E-state index in [0.29, 0.717) is 5.92 Å². The SMILES string of the molecule is COc1ccc(OC)c(C(N)C2CCCC2)c1. The lowest BCUT2D eigenvalue weighted by molar-refractivity contribution is 0.378. The standard InChI is InChI=1S/C14H21NO2/c1-16-11-7-8-13(17-2)12(9-11)14(15)10-5-3-4-6-10/h7-10,14H,3-6,15H2,1-2H3. The van der Waals surface area contributed by atoms with Crippen LogP contribution in [0.1, 0.15) is 37.3 Å². The minimum atomic E-state index is 0.0579. The van der Waals surface area contributed by atoms with E-state index in [1.54, 1.807) is 14.2 Å². The molecule has 0 aliphatic heterocycles. The van der Waals surface area contributed by atoms with Crippen molar-refractivity contribution < 1.29 is 9.47 Å². The molecule has 0 bridgehead atoms. The van der Waals surface area contributed by atoms with Gasteiger partial charge in [-0.1, -0.05) is 12.8 Å². The summed E-state index contributed by atoms with van der Waals surface area (Å²) in [6.45, 7) is 0. The second kappa shape index (κ2) is 5.41. The predicted molar refractivity (Wildman–Crippen MR) is 68.4 cm³/mol. The molecule has 0 spiro atoms. The summed E-state index contributed by atoms with van der Waals surface area (Å²) in [5.41, 5.74) is 7.43. The zero-order valence-electron chi connectivity index (χ0n) is 10.6. The Labute approximate surface area is 103 Å². The number of methoxy groups -OCH3 is 2. The third kappa shape index (κ3) is 2.55. The van der Waals surface area contributed by atoms with Gasteiger partial charge < -0.3 is 15.2 Å². The van der Waals surface area contributed by atoms with E-state index in [0.717, 1.165) is 17.1 Å². The van der Waals surface area contributed by atoms with Gasteiger partial charge in [0, 0.05) is 11.6 Å². The summed E-state index contributed by atoms with van der Waals surface area (Å²) < 4.78 is 10.6. The molecule has 94 valence electrons. The second-order valence-electron chi connectivity index (χ2n) is 4.68. The highest BCUT2D eigenvalue weighted by Crippen LogP contribution is 2.38. The summed E-state index contributed by atoms with van der Waals surface area (Å²) in [7, 11) is 3.36. The first-order valence-electron chi connectivity index (χ1n) is 6.23. The molecule has 0 radical (unpaired) electrons. The van der Waals surface area contributed by atoms with Crippen molar-refractivity contribution in [1.29, 1.82) is 0 Å². The Hall–Kier alpha value is -1.22. The topological polar surface area (TPSA) is 44.5 Å². The first-order chi connectivity index (χ1) is 8.26. The number of hydrogen-bond donors (Lipinski definition) is 1. The van der Waals surface area contributed by atoms with Crippen molar-refractivity contribution in [1.82, 2.24) is 0 Å². The lowest BCUT2D eigenvalue weighted by atomic mass is 9.92. The molecule has 2 rings (SSSR count). The first kappa shape index (κ1) is 12.2. The van der Waals surface area contributed by atoms with Crippen LogP contribution in [-0.4, -0.2) is 14.2 Å². The van der Waals surface area contributed by atoms with Gasteiger partial charge in [0.2, 0.25) is 0 Å². The van der Waals surface area contributed by atoms with Crippen LogP contribution in [0.5, 0.6) is 11.5 Å². The number of hydrogen-bond acceptors (Lipinski definition) is 3. The van der Waals surface area contributed by atoms with Gasteiger partial charge in [-0.25, -0.2) is 0 Å². The van der Waals surface area contributed by atoms with E-state index in [4.69, 9.17) is 15.2 Å². The third-order valence-corrected chi connectivity index (χ3v) is 3.70. The van der Waals surface area contributed by atoms with Crippen LogP contribution in [0.25, 0.3) is 0 Å². The molecule has 1 aromatic rings. The molecule has 3 nitrogen and oxygen atoms in total. The number of benzene rings is 1. The van der Waals surface area contributed by atoms with E-state index < -0.39 is 0 Å². The fraction of sp³-hybridized carbons (Fsp3) is 0.571. The van der Waals surface area contributed by atoms with Crippen molar-refractivity contribution in [2.45, 2.75) is 31.7 Å². The van der Waals surface area contributed by atoms with Gasteiger partial charge in [-0.3, -0.25) is 0 Å². The van der Waals surface area contributed by atoms with Gasteiger partial charge in [-0.15, -0.1) is 0 Å². The van der Waals surface area contributed by atoms with E-state index in [9.17, 15) is 0 Å². The number of ether oxygens (including phenoxy) is 2. The molecule has 1 fully saturated rings. The molecular weight excluding hydrogens is 214 g/mol. The highest BCUT2D eigenvalue weighted by atomic mass is 16.5. The summed E-state index contributed by atoms with van der Waals surface area (Å²) in [5.74, 6) is 2.29. The van der Waals surface area contributed by atoms with E-state index >= 15 is 0 Å². The maximum absolute atomic E-state index is 6.36. The average Bonchev–Trinajstić information content (AvgIpc) is 2.91. The molecule has 0 aromatic heterocycles. The third-order valence-electron chi connectivity index (χ3n) is 3.70. The van der Waals surface area contributed by atoms with Crippen molar-refractivity contribution in [3.63, 3.8) is 0 Å². The van der Waals surface area contributed by atoms with Crippen LogP contribution in [-0.2, 0) is 0 Å². The maximum atomic E-state index is 6.36.